The molecule has 0 aliphatic carbocycles. The van der Waals surface area contributed by atoms with Gasteiger partial charge in [0.25, 0.3) is 10.0 Å². The predicted octanol–water partition coefficient (Wildman–Crippen LogP) is 2.08. The summed E-state index contributed by atoms with van der Waals surface area (Å²) in [5.74, 6) is -0.352. The molecule has 0 bridgehead atoms. The number of hydrogen-bond donors (Lipinski definition) is 0. The van der Waals surface area contributed by atoms with E-state index in [1.165, 1.54) is 29.0 Å². The molecule has 0 spiro atoms. The highest BCUT2D eigenvalue weighted by Gasteiger charge is 2.37. The van der Waals surface area contributed by atoms with Crippen LogP contribution in [0.3, 0.4) is 0 Å². The number of sulfonamides is 1. The van der Waals surface area contributed by atoms with E-state index in [4.69, 9.17) is 0 Å². The fraction of sp³-hybridized carbons (Fsp3) is 0.357. The molecule has 5 nitrogen and oxygen atoms in total. The van der Waals surface area contributed by atoms with Gasteiger partial charge in [0.1, 0.15) is 5.82 Å². The van der Waals surface area contributed by atoms with Gasteiger partial charge in [0, 0.05) is 19.8 Å². The third-order valence-electron chi connectivity index (χ3n) is 3.69. The number of imidazole rings is 1. The van der Waals surface area contributed by atoms with Crippen LogP contribution in [0.2, 0.25) is 0 Å². The zero-order valence-electron chi connectivity index (χ0n) is 11.6. The van der Waals surface area contributed by atoms with E-state index in [0.29, 0.717) is 18.5 Å². The minimum absolute atomic E-state index is 0.0355. The van der Waals surface area contributed by atoms with E-state index in [-0.39, 0.29) is 16.9 Å². The van der Waals surface area contributed by atoms with Gasteiger partial charge in [0.05, 0.1) is 12.4 Å². The topological polar surface area (TPSA) is 55.2 Å². The highest BCUT2D eigenvalue weighted by molar-refractivity contribution is 7.89. The van der Waals surface area contributed by atoms with Gasteiger partial charge in [0.2, 0.25) is 0 Å². The molecular weight excluding hydrogens is 293 g/mol. The van der Waals surface area contributed by atoms with Crippen LogP contribution in [-0.4, -0.2) is 28.8 Å². The summed E-state index contributed by atoms with van der Waals surface area (Å²) in [6, 6.07) is 5.80. The Hall–Kier alpha value is -1.73. The molecule has 1 aromatic heterocycles. The van der Waals surface area contributed by atoms with Crippen molar-refractivity contribution in [3.63, 3.8) is 0 Å². The van der Waals surface area contributed by atoms with E-state index in [1.54, 1.807) is 23.7 Å². The first-order valence-corrected chi connectivity index (χ1v) is 8.18. The maximum absolute atomic E-state index is 13.4. The molecule has 1 aromatic carbocycles. The Balaban J connectivity index is 1.97. The molecule has 0 saturated carbocycles. The number of nitrogens with zero attached hydrogens (tertiary/aromatic N) is 3. The first-order valence-electron chi connectivity index (χ1n) is 6.74. The van der Waals surface area contributed by atoms with Gasteiger partial charge in [-0.3, -0.25) is 0 Å². The van der Waals surface area contributed by atoms with Crippen molar-refractivity contribution in [3.05, 3.63) is 48.2 Å². The molecule has 7 heteroatoms. The van der Waals surface area contributed by atoms with Crippen molar-refractivity contribution in [2.45, 2.75) is 23.9 Å². The van der Waals surface area contributed by atoms with E-state index in [2.05, 4.69) is 4.98 Å². The van der Waals surface area contributed by atoms with Gasteiger partial charge >= 0.3 is 0 Å². The van der Waals surface area contributed by atoms with Gasteiger partial charge < -0.3 is 4.57 Å². The van der Waals surface area contributed by atoms with Crippen molar-refractivity contribution in [1.82, 2.24) is 13.9 Å². The van der Waals surface area contributed by atoms with Gasteiger partial charge in [-0.2, -0.15) is 4.31 Å². The Morgan fingerprint density at radius 3 is 2.86 bits per heavy atom. The molecule has 0 unspecified atom stereocenters. The van der Waals surface area contributed by atoms with Crippen LogP contribution in [-0.2, 0) is 17.1 Å². The van der Waals surface area contributed by atoms with Crippen molar-refractivity contribution in [3.8, 4) is 0 Å². The highest BCUT2D eigenvalue weighted by Crippen LogP contribution is 2.36. The molecule has 0 radical (unpaired) electrons. The normalized spacial score (nSPS) is 20.0. The van der Waals surface area contributed by atoms with Crippen LogP contribution < -0.4 is 0 Å². The van der Waals surface area contributed by atoms with Crippen molar-refractivity contribution in [1.29, 1.82) is 0 Å². The van der Waals surface area contributed by atoms with Gasteiger partial charge in [-0.15, -0.1) is 0 Å². The van der Waals surface area contributed by atoms with Gasteiger partial charge in [-0.1, -0.05) is 12.1 Å². The summed E-state index contributed by atoms with van der Waals surface area (Å²) >= 11 is 0. The molecule has 3 rings (SSSR count). The number of rotatable bonds is 3. The summed E-state index contributed by atoms with van der Waals surface area (Å²) in [6.07, 6.45) is 4.39. The third kappa shape index (κ3) is 2.58. The molecule has 0 N–H and O–H groups in total. The molecule has 1 fully saturated rings. The molecule has 0 amide bonds. The summed E-state index contributed by atoms with van der Waals surface area (Å²) in [5, 5.41) is 0.0355. The molecule has 1 atom stereocenters. The lowest BCUT2D eigenvalue weighted by Gasteiger charge is -2.23. The monoisotopic (exact) mass is 309 g/mol. The Morgan fingerprint density at radius 1 is 1.38 bits per heavy atom. The quantitative estimate of drug-likeness (QED) is 0.872. The first kappa shape index (κ1) is 14.2. The second kappa shape index (κ2) is 5.23. The second-order valence-corrected chi connectivity index (χ2v) is 7.04. The van der Waals surface area contributed by atoms with Crippen LogP contribution in [0.4, 0.5) is 4.39 Å². The van der Waals surface area contributed by atoms with Crippen LogP contribution in [0.15, 0.2) is 41.8 Å². The van der Waals surface area contributed by atoms with E-state index >= 15 is 0 Å². The zero-order chi connectivity index (χ0) is 15.0. The summed E-state index contributed by atoms with van der Waals surface area (Å²) in [7, 11) is -1.93. The Bertz CT molecular complexity index is 757. The summed E-state index contributed by atoms with van der Waals surface area (Å²) in [5.41, 5.74) is 0.687. The van der Waals surface area contributed by atoms with Crippen LogP contribution in [0, 0.1) is 5.82 Å². The average Bonchev–Trinajstić information content (AvgIpc) is 3.07. The van der Waals surface area contributed by atoms with Crippen LogP contribution in [0.5, 0.6) is 0 Å². The van der Waals surface area contributed by atoms with Crippen LogP contribution in [0.25, 0.3) is 0 Å². The number of aromatic nitrogens is 2. The van der Waals surface area contributed by atoms with Crippen molar-refractivity contribution < 1.29 is 12.8 Å². The average molecular weight is 309 g/mol. The molecule has 1 aliphatic heterocycles. The summed E-state index contributed by atoms with van der Waals surface area (Å²) in [4.78, 5) is 3.94. The summed E-state index contributed by atoms with van der Waals surface area (Å²) < 4.78 is 41.8. The predicted molar refractivity (Wildman–Crippen MR) is 75.5 cm³/mol. The maximum Gasteiger partial charge on any atom is 0.262 e. The smallest absolute Gasteiger partial charge is 0.262 e. The number of hydrogen-bond acceptors (Lipinski definition) is 3. The van der Waals surface area contributed by atoms with Crippen molar-refractivity contribution in [2.24, 2.45) is 7.05 Å². The van der Waals surface area contributed by atoms with E-state index in [9.17, 15) is 12.8 Å². The van der Waals surface area contributed by atoms with Crippen LogP contribution >= 0.6 is 0 Å². The van der Waals surface area contributed by atoms with E-state index in [1.807, 2.05) is 0 Å². The standard InChI is InChI=1S/C14H16FN3O2S/c1-17-9-14(16-10-17)21(19,20)18-7-3-6-13(18)11-4-2-5-12(15)8-11/h2,4-5,8-10,13H,3,6-7H2,1H3/t13-/m1/s1. The Labute approximate surface area is 123 Å². The van der Waals surface area contributed by atoms with Crippen LogP contribution in [0.1, 0.15) is 24.4 Å². The highest BCUT2D eigenvalue weighted by atomic mass is 32.2. The molecule has 21 heavy (non-hydrogen) atoms. The fourth-order valence-electron chi connectivity index (χ4n) is 2.72. The SMILES string of the molecule is Cn1cnc(S(=O)(=O)N2CCC[C@@H]2c2cccc(F)c2)c1. The molecule has 1 saturated heterocycles. The number of aryl methyl sites for hydroxylation is 1. The third-order valence-corrected chi connectivity index (χ3v) is 5.49. The largest absolute Gasteiger partial charge is 0.339 e. The van der Waals surface area contributed by atoms with Gasteiger partial charge in [-0.05, 0) is 30.5 Å². The zero-order valence-corrected chi connectivity index (χ0v) is 12.4. The lowest BCUT2D eigenvalue weighted by atomic mass is 10.1. The lowest BCUT2D eigenvalue weighted by molar-refractivity contribution is 0.394. The van der Waals surface area contributed by atoms with Gasteiger partial charge in [0.15, 0.2) is 5.03 Å². The molecule has 2 heterocycles. The maximum atomic E-state index is 13.4. The minimum Gasteiger partial charge on any atom is -0.339 e. The molecule has 2 aromatic rings. The number of benzene rings is 1. The number of halogens is 1. The Morgan fingerprint density at radius 2 is 2.19 bits per heavy atom. The van der Waals surface area contributed by atoms with Crippen molar-refractivity contribution >= 4 is 10.0 Å². The van der Waals surface area contributed by atoms with E-state index in [0.717, 1.165) is 6.42 Å². The molecular formula is C14H16FN3O2S. The Kier molecular flexibility index (Phi) is 3.54. The molecule has 112 valence electrons. The van der Waals surface area contributed by atoms with E-state index < -0.39 is 10.0 Å². The fourth-order valence-corrected chi connectivity index (χ4v) is 4.37. The first-order chi connectivity index (χ1) is 9.98. The summed E-state index contributed by atoms with van der Waals surface area (Å²) in [6.45, 7) is 0.431. The van der Waals surface area contributed by atoms with Gasteiger partial charge in [-0.25, -0.2) is 17.8 Å². The lowest BCUT2D eigenvalue weighted by Crippen LogP contribution is -2.31. The minimum atomic E-state index is -3.65. The second-order valence-electron chi connectivity index (χ2n) is 5.21. The van der Waals surface area contributed by atoms with Crippen molar-refractivity contribution in [2.75, 3.05) is 6.54 Å². The molecule has 1 aliphatic rings.